The summed E-state index contributed by atoms with van der Waals surface area (Å²) in [5, 5.41) is 2.84. The number of hydrogen-bond donors (Lipinski definition) is 1. The maximum atomic E-state index is 12.4. The van der Waals surface area contributed by atoms with Gasteiger partial charge in [0.25, 0.3) is 5.91 Å². The number of carbonyl (C=O) groups excluding carboxylic acids is 1. The Morgan fingerprint density at radius 3 is 2.69 bits per heavy atom. The van der Waals surface area contributed by atoms with Gasteiger partial charge in [0.1, 0.15) is 17.8 Å². The number of hydrogen-bond acceptors (Lipinski definition) is 6. The zero-order valence-electron chi connectivity index (χ0n) is 14.6. The number of amides is 1. The summed E-state index contributed by atoms with van der Waals surface area (Å²) in [5.74, 6) is 0.617. The van der Waals surface area contributed by atoms with E-state index < -0.39 is 9.84 Å². The molecule has 8 heteroatoms. The smallest absolute Gasteiger partial charge is 0.270 e. The summed E-state index contributed by atoms with van der Waals surface area (Å²) < 4.78 is 23.5. The molecule has 1 unspecified atom stereocenters. The fourth-order valence-corrected chi connectivity index (χ4v) is 4.86. The summed E-state index contributed by atoms with van der Waals surface area (Å²) in [7, 11) is -2.99. The number of benzene rings is 1. The number of carbonyl (C=O) groups is 1. The van der Waals surface area contributed by atoms with Crippen LogP contribution in [0.25, 0.3) is 0 Å². The summed E-state index contributed by atoms with van der Waals surface area (Å²) in [6.07, 6.45) is 1.93. The van der Waals surface area contributed by atoms with Crippen LogP contribution in [0.5, 0.6) is 0 Å². The third-order valence-electron chi connectivity index (χ3n) is 4.47. The van der Waals surface area contributed by atoms with Gasteiger partial charge in [-0.3, -0.25) is 4.79 Å². The van der Waals surface area contributed by atoms with Crippen LogP contribution >= 0.6 is 0 Å². The topological polar surface area (TPSA) is 92.3 Å². The normalized spacial score (nSPS) is 18.4. The standard InChI is InChI=1S/C18H22N4O3S/c1-2-22(15-8-9-26(24,25)12-15)17-10-16(20-13-21-17)18(23)19-11-14-6-4-3-5-7-14/h3-7,10,13,15H,2,8-9,11-12H2,1H3,(H,19,23). The summed E-state index contributed by atoms with van der Waals surface area (Å²) in [5.41, 5.74) is 1.27. The average molecular weight is 374 g/mol. The highest BCUT2D eigenvalue weighted by atomic mass is 32.2. The molecule has 2 heterocycles. The zero-order valence-corrected chi connectivity index (χ0v) is 15.4. The first-order chi connectivity index (χ1) is 12.5. The van der Waals surface area contributed by atoms with Crippen LogP contribution in [0, 0.1) is 0 Å². The fourth-order valence-electron chi connectivity index (χ4n) is 3.13. The lowest BCUT2D eigenvalue weighted by molar-refractivity contribution is 0.0945. The van der Waals surface area contributed by atoms with Crippen LogP contribution in [-0.4, -0.2) is 48.4 Å². The monoisotopic (exact) mass is 374 g/mol. The Morgan fingerprint density at radius 1 is 1.27 bits per heavy atom. The number of nitrogens with zero attached hydrogens (tertiary/aromatic N) is 3. The van der Waals surface area contributed by atoms with E-state index in [4.69, 9.17) is 0 Å². The molecule has 1 amide bonds. The molecule has 1 N–H and O–H groups in total. The van der Waals surface area contributed by atoms with Crippen molar-refractivity contribution in [3.8, 4) is 0 Å². The van der Waals surface area contributed by atoms with Crippen molar-refractivity contribution in [2.45, 2.75) is 25.9 Å². The van der Waals surface area contributed by atoms with Gasteiger partial charge in [0.2, 0.25) is 0 Å². The Bertz CT molecular complexity index is 871. The average Bonchev–Trinajstić information content (AvgIpc) is 3.01. The maximum absolute atomic E-state index is 12.4. The minimum absolute atomic E-state index is 0.111. The molecular formula is C18H22N4O3S. The Morgan fingerprint density at radius 2 is 2.04 bits per heavy atom. The lowest BCUT2D eigenvalue weighted by Crippen LogP contribution is -2.37. The molecule has 1 fully saturated rings. The van der Waals surface area contributed by atoms with Gasteiger partial charge >= 0.3 is 0 Å². The van der Waals surface area contributed by atoms with Crippen LogP contribution in [0.2, 0.25) is 0 Å². The van der Waals surface area contributed by atoms with Crippen molar-refractivity contribution in [3.63, 3.8) is 0 Å². The van der Waals surface area contributed by atoms with Gasteiger partial charge in [0, 0.05) is 25.2 Å². The molecule has 0 radical (unpaired) electrons. The number of anilines is 1. The van der Waals surface area contributed by atoms with E-state index in [1.807, 2.05) is 42.2 Å². The summed E-state index contributed by atoms with van der Waals surface area (Å²) in [6, 6.07) is 11.1. The van der Waals surface area contributed by atoms with Crippen LogP contribution < -0.4 is 10.2 Å². The molecule has 1 aliphatic rings. The summed E-state index contributed by atoms with van der Waals surface area (Å²) in [6.45, 7) is 2.97. The predicted octanol–water partition coefficient (Wildman–Crippen LogP) is 1.42. The van der Waals surface area contributed by atoms with Gasteiger partial charge in [-0.05, 0) is 18.9 Å². The Hall–Kier alpha value is -2.48. The SMILES string of the molecule is CCN(c1cc(C(=O)NCc2ccccc2)ncn1)C1CCS(=O)(=O)C1. The Balaban J connectivity index is 1.71. The largest absolute Gasteiger partial charge is 0.353 e. The summed E-state index contributed by atoms with van der Waals surface area (Å²) in [4.78, 5) is 22.6. The highest BCUT2D eigenvalue weighted by Gasteiger charge is 2.32. The highest BCUT2D eigenvalue weighted by Crippen LogP contribution is 2.22. The molecule has 138 valence electrons. The third-order valence-corrected chi connectivity index (χ3v) is 6.22. The number of sulfone groups is 1. The lowest BCUT2D eigenvalue weighted by Gasteiger charge is -2.27. The van der Waals surface area contributed by atoms with Gasteiger partial charge < -0.3 is 10.2 Å². The van der Waals surface area contributed by atoms with Gasteiger partial charge in [-0.1, -0.05) is 30.3 Å². The van der Waals surface area contributed by atoms with Crippen molar-refractivity contribution in [1.82, 2.24) is 15.3 Å². The van der Waals surface area contributed by atoms with E-state index in [1.165, 1.54) is 6.33 Å². The summed E-state index contributed by atoms with van der Waals surface area (Å²) >= 11 is 0. The Labute approximate surface area is 153 Å². The van der Waals surface area contributed by atoms with Gasteiger partial charge in [-0.2, -0.15) is 0 Å². The van der Waals surface area contributed by atoms with E-state index in [2.05, 4.69) is 15.3 Å². The van der Waals surface area contributed by atoms with Crippen molar-refractivity contribution in [1.29, 1.82) is 0 Å². The van der Waals surface area contributed by atoms with Crippen LogP contribution in [0.15, 0.2) is 42.7 Å². The van der Waals surface area contributed by atoms with Crippen molar-refractivity contribution < 1.29 is 13.2 Å². The zero-order chi connectivity index (χ0) is 18.6. The fraction of sp³-hybridized carbons (Fsp3) is 0.389. The molecule has 1 aliphatic heterocycles. The van der Waals surface area contributed by atoms with Crippen molar-refractivity contribution in [2.75, 3.05) is 23.0 Å². The van der Waals surface area contributed by atoms with Crippen LogP contribution in [0.1, 0.15) is 29.4 Å². The molecule has 1 aromatic heterocycles. The van der Waals surface area contributed by atoms with E-state index in [9.17, 15) is 13.2 Å². The molecule has 0 bridgehead atoms. The minimum Gasteiger partial charge on any atom is -0.353 e. The first kappa shape index (κ1) is 18.3. The van der Waals surface area contributed by atoms with E-state index in [0.717, 1.165) is 5.56 Å². The number of nitrogens with one attached hydrogen (secondary N) is 1. The van der Waals surface area contributed by atoms with Gasteiger partial charge in [-0.15, -0.1) is 0 Å². The second-order valence-corrected chi connectivity index (χ2v) is 8.50. The molecule has 0 saturated carbocycles. The van der Waals surface area contributed by atoms with Crippen LogP contribution in [0.3, 0.4) is 0 Å². The van der Waals surface area contributed by atoms with Crippen LogP contribution in [0.4, 0.5) is 5.82 Å². The van der Waals surface area contributed by atoms with Crippen molar-refractivity contribution in [3.05, 3.63) is 54.0 Å². The highest BCUT2D eigenvalue weighted by molar-refractivity contribution is 7.91. The van der Waals surface area contributed by atoms with E-state index in [-0.39, 0.29) is 29.1 Å². The molecule has 1 saturated heterocycles. The second kappa shape index (κ2) is 7.82. The molecule has 7 nitrogen and oxygen atoms in total. The molecule has 26 heavy (non-hydrogen) atoms. The molecule has 3 rings (SSSR count). The molecule has 1 aromatic carbocycles. The minimum atomic E-state index is -2.99. The first-order valence-corrected chi connectivity index (χ1v) is 10.4. The van der Waals surface area contributed by atoms with Crippen molar-refractivity contribution >= 4 is 21.6 Å². The van der Waals surface area contributed by atoms with E-state index in [1.54, 1.807) is 6.07 Å². The quantitative estimate of drug-likeness (QED) is 0.822. The number of aromatic nitrogens is 2. The third kappa shape index (κ3) is 4.37. The predicted molar refractivity (Wildman–Crippen MR) is 99.7 cm³/mol. The van der Waals surface area contributed by atoms with Gasteiger partial charge in [0.15, 0.2) is 9.84 Å². The van der Waals surface area contributed by atoms with E-state index >= 15 is 0 Å². The number of rotatable bonds is 6. The van der Waals surface area contributed by atoms with Crippen molar-refractivity contribution in [2.24, 2.45) is 0 Å². The lowest BCUT2D eigenvalue weighted by atomic mass is 10.2. The molecule has 2 aromatic rings. The first-order valence-electron chi connectivity index (χ1n) is 8.60. The van der Waals surface area contributed by atoms with E-state index in [0.29, 0.717) is 25.3 Å². The second-order valence-electron chi connectivity index (χ2n) is 6.27. The maximum Gasteiger partial charge on any atom is 0.270 e. The Kier molecular flexibility index (Phi) is 5.51. The molecular weight excluding hydrogens is 352 g/mol. The van der Waals surface area contributed by atoms with Gasteiger partial charge in [-0.25, -0.2) is 18.4 Å². The van der Waals surface area contributed by atoms with Crippen LogP contribution in [-0.2, 0) is 16.4 Å². The van der Waals surface area contributed by atoms with Gasteiger partial charge in [0.05, 0.1) is 11.5 Å². The molecule has 0 aliphatic carbocycles. The molecule has 1 atom stereocenters. The molecule has 0 spiro atoms.